The Bertz CT molecular complexity index is 546. The van der Waals surface area contributed by atoms with E-state index in [4.69, 9.17) is 11.6 Å². The molecule has 0 heterocycles. The molecule has 0 spiro atoms. The summed E-state index contributed by atoms with van der Waals surface area (Å²) in [6.07, 6.45) is 2.83. The third-order valence-electron chi connectivity index (χ3n) is 3.91. The lowest BCUT2D eigenvalue weighted by atomic mass is 9.78. The molecule has 5 nitrogen and oxygen atoms in total. The zero-order valence-electron chi connectivity index (χ0n) is 11.5. The molecule has 2 unspecified atom stereocenters. The average Bonchev–Trinajstić information content (AvgIpc) is 2.47. The molecule has 1 fully saturated rings. The topological polar surface area (TPSA) is 86.6 Å². The molecular weight excluding hydrogens is 294 g/mol. The number of phenolic OH excluding ortho intramolecular Hbond substituents is 1. The summed E-state index contributed by atoms with van der Waals surface area (Å²) in [5, 5.41) is 22.1. The molecule has 0 radical (unpaired) electrons. The number of carboxylic acids is 1. The van der Waals surface area contributed by atoms with E-state index in [-0.39, 0.29) is 18.2 Å². The maximum atomic E-state index is 12.2. The standard InChI is InChI=1S/C15H18ClNO4/c16-10-5-6-13(18)9(7-10)8-17-14(19)11-3-1-2-4-12(11)15(20)21/h5-7,11-12,18H,1-4,8H2,(H,17,19)(H,20,21). The van der Waals surface area contributed by atoms with E-state index in [0.717, 1.165) is 12.8 Å². The number of aliphatic carboxylic acids is 1. The average molecular weight is 312 g/mol. The first-order valence-corrected chi connectivity index (χ1v) is 7.34. The summed E-state index contributed by atoms with van der Waals surface area (Å²) in [7, 11) is 0. The second-order valence-electron chi connectivity index (χ2n) is 5.33. The molecule has 0 bridgehead atoms. The fraction of sp³-hybridized carbons (Fsp3) is 0.467. The number of phenols is 1. The Hall–Kier alpha value is -1.75. The van der Waals surface area contributed by atoms with E-state index < -0.39 is 17.8 Å². The van der Waals surface area contributed by atoms with Crippen LogP contribution in [-0.4, -0.2) is 22.1 Å². The van der Waals surface area contributed by atoms with E-state index in [1.165, 1.54) is 6.07 Å². The van der Waals surface area contributed by atoms with Gasteiger partial charge in [0, 0.05) is 17.1 Å². The van der Waals surface area contributed by atoms with Gasteiger partial charge in [-0.2, -0.15) is 0 Å². The van der Waals surface area contributed by atoms with Crippen LogP contribution in [0, 0.1) is 11.8 Å². The van der Waals surface area contributed by atoms with Crippen molar-refractivity contribution in [3.63, 3.8) is 0 Å². The minimum absolute atomic E-state index is 0.0538. The maximum Gasteiger partial charge on any atom is 0.307 e. The Morgan fingerprint density at radius 2 is 1.90 bits per heavy atom. The highest BCUT2D eigenvalue weighted by Gasteiger charge is 2.35. The zero-order valence-corrected chi connectivity index (χ0v) is 12.3. The molecule has 1 amide bonds. The molecule has 21 heavy (non-hydrogen) atoms. The first-order chi connectivity index (χ1) is 9.99. The van der Waals surface area contributed by atoms with Crippen molar-refractivity contribution in [2.45, 2.75) is 32.2 Å². The van der Waals surface area contributed by atoms with Gasteiger partial charge in [0.25, 0.3) is 0 Å². The first kappa shape index (κ1) is 15.6. The highest BCUT2D eigenvalue weighted by molar-refractivity contribution is 6.30. The predicted octanol–water partition coefficient (Wildman–Crippen LogP) is 2.55. The van der Waals surface area contributed by atoms with Crippen LogP contribution in [0.4, 0.5) is 0 Å². The molecule has 0 aromatic heterocycles. The number of carbonyl (C=O) groups is 2. The van der Waals surface area contributed by atoms with Gasteiger partial charge in [-0.25, -0.2) is 0 Å². The third kappa shape index (κ3) is 3.88. The lowest BCUT2D eigenvalue weighted by Gasteiger charge is -2.27. The van der Waals surface area contributed by atoms with Crippen molar-refractivity contribution < 1.29 is 19.8 Å². The van der Waals surface area contributed by atoms with Crippen LogP contribution in [0.2, 0.25) is 5.02 Å². The molecule has 3 N–H and O–H groups in total. The number of benzene rings is 1. The van der Waals surface area contributed by atoms with E-state index in [1.807, 2.05) is 0 Å². The van der Waals surface area contributed by atoms with E-state index in [0.29, 0.717) is 23.4 Å². The number of carbonyl (C=O) groups excluding carboxylic acids is 1. The van der Waals surface area contributed by atoms with Crippen molar-refractivity contribution >= 4 is 23.5 Å². The summed E-state index contributed by atoms with van der Waals surface area (Å²) >= 11 is 5.84. The number of hydrogen-bond donors (Lipinski definition) is 3. The highest BCUT2D eigenvalue weighted by Crippen LogP contribution is 2.30. The quantitative estimate of drug-likeness (QED) is 0.797. The third-order valence-corrected chi connectivity index (χ3v) is 4.15. The minimum Gasteiger partial charge on any atom is -0.508 e. The lowest BCUT2D eigenvalue weighted by molar-refractivity contribution is -0.148. The second-order valence-corrected chi connectivity index (χ2v) is 5.76. The zero-order chi connectivity index (χ0) is 15.4. The fourth-order valence-corrected chi connectivity index (χ4v) is 2.94. The molecule has 6 heteroatoms. The summed E-state index contributed by atoms with van der Waals surface area (Å²) < 4.78 is 0. The summed E-state index contributed by atoms with van der Waals surface area (Å²) in [6.45, 7) is 0.133. The van der Waals surface area contributed by atoms with Crippen LogP contribution >= 0.6 is 11.6 Å². The van der Waals surface area contributed by atoms with E-state index >= 15 is 0 Å². The Balaban J connectivity index is 2.00. The number of hydrogen-bond acceptors (Lipinski definition) is 3. The number of aromatic hydroxyl groups is 1. The van der Waals surface area contributed by atoms with Gasteiger partial charge in [0.2, 0.25) is 5.91 Å². The number of carboxylic acid groups (broad SMARTS) is 1. The van der Waals surface area contributed by atoms with Crippen LogP contribution in [0.25, 0.3) is 0 Å². The minimum atomic E-state index is -0.916. The molecule has 2 atom stereocenters. The van der Waals surface area contributed by atoms with E-state index in [1.54, 1.807) is 12.1 Å². The molecule has 2 rings (SSSR count). The van der Waals surface area contributed by atoms with Gasteiger partial charge in [-0.1, -0.05) is 24.4 Å². The Labute approximate surface area is 127 Å². The van der Waals surface area contributed by atoms with Crippen molar-refractivity contribution in [2.75, 3.05) is 0 Å². The van der Waals surface area contributed by atoms with Gasteiger partial charge in [0.15, 0.2) is 0 Å². The van der Waals surface area contributed by atoms with Gasteiger partial charge in [-0.3, -0.25) is 9.59 Å². The van der Waals surface area contributed by atoms with Gasteiger partial charge in [-0.15, -0.1) is 0 Å². The number of rotatable bonds is 4. The fourth-order valence-electron chi connectivity index (χ4n) is 2.75. The summed E-state index contributed by atoms with van der Waals surface area (Å²) in [5.74, 6) is -2.26. The Morgan fingerprint density at radius 1 is 1.24 bits per heavy atom. The number of halogens is 1. The van der Waals surface area contributed by atoms with Crippen LogP contribution in [0.15, 0.2) is 18.2 Å². The van der Waals surface area contributed by atoms with Gasteiger partial charge in [0.1, 0.15) is 5.75 Å². The maximum absolute atomic E-state index is 12.2. The first-order valence-electron chi connectivity index (χ1n) is 6.97. The van der Waals surface area contributed by atoms with Crippen molar-refractivity contribution in [2.24, 2.45) is 11.8 Å². The Kier molecular flexibility index (Phi) is 5.07. The van der Waals surface area contributed by atoms with Crippen molar-refractivity contribution in [1.82, 2.24) is 5.32 Å². The molecule has 0 saturated heterocycles. The normalized spacial score (nSPS) is 21.8. The van der Waals surface area contributed by atoms with E-state index in [2.05, 4.69) is 5.32 Å². The molecule has 1 aliphatic carbocycles. The summed E-state index contributed by atoms with van der Waals surface area (Å²) in [6, 6.07) is 4.60. The van der Waals surface area contributed by atoms with Gasteiger partial charge >= 0.3 is 5.97 Å². The predicted molar refractivity (Wildman–Crippen MR) is 78.0 cm³/mol. The molecule has 114 valence electrons. The van der Waals surface area contributed by atoms with Crippen LogP contribution < -0.4 is 5.32 Å². The molecule has 1 saturated carbocycles. The van der Waals surface area contributed by atoms with Crippen LogP contribution in [0.5, 0.6) is 5.75 Å². The SMILES string of the molecule is O=C(O)C1CCCCC1C(=O)NCc1cc(Cl)ccc1O. The molecule has 1 aliphatic rings. The van der Waals surface area contributed by atoms with Crippen molar-refractivity contribution in [3.8, 4) is 5.75 Å². The number of nitrogens with one attached hydrogen (secondary N) is 1. The monoisotopic (exact) mass is 311 g/mol. The van der Waals surface area contributed by atoms with Crippen molar-refractivity contribution in [1.29, 1.82) is 0 Å². The summed E-state index contributed by atoms with van der Waals surface area (Å²) in [4.78, 5) is 23.4. The van der Waals surface area contributed by atoms with Crippen LogP contribution in [-0.2, 0) is 16.1 Å². The Morgan fingerprint density at radius 3 is 2.57 bits per heavy atom. The highest BCUT2D eigenvalue weighted by atomic mass is 35.5. The number of amides is 1. The van der Waals surface area contributed by atoms with Gasteiger partial charge in [-0.05, 0) is 31.0 Å². The second kappa shape index (κ2) is 6.80. The molecule has 1 aromatic rings. The summed E-state index contributed by atoms with van der Waals surface area (Å²) in [5.41, 5.74) is 0.513. The van der Waals surface area contributed by atoms with Crippen molar-refractivity contribution in [3.05, 3.63) is 28.8 Å². The molecular formula is C15H18ClNO4. The largest absolute Gasteiger partial charge is 0.508 e. The van der Waals surface area contributed by atoms with Crippen LogP contribution in [0.3, 0.4) is 0 Å². The van der Waals surface area contributed by atoms with Crippen LogP contribution in [0.1, 0.15) is 31.2 Å². The smallest absolute Gasteiger partial charge is 0.307 e. The lowest BCUT2D eigenvalue weighted by Crippen LogP contribution is -2.39. The van der Waals surface area contributed by atoms with E-state index in [9.17, 15) is 19.8 Å². The molecule has 1 aromatic carbocycles. The van der Waals surface area contributed by atoms with Gasteiger partial charge < -0.3 is 15.5 Å². The van der Waals surface area contributed by atoms with Gasteiger partial charge in [0.05, 0.1) is 11.8 Å². The molecule has 0 aliphatic heterocycles.